The number of carbonyl (C=O) groups is 2. The Balaban J connectivity index is 2.54. The number of carbonyl (C=O) groups excluding carboxylic acids is 1. The summed E-state index contributed by atoms with van der Waals surface area (Å²) < 4.78 is 23.7. The summed E-state index contributed by atoms with van der Waals surface area (Å²) in [7, 11) is -3.38. The average Bonchev–Trinajstić information content (AvgIpc) is 2.75. The molecule has 0 spiro atoms. The van der Waals surface area contributed by atoms with Crippen LogP contribution in [0.4, 0.5) is 0 Å². The van der Waals surface area contributed by atoms with Crippen LogP contribution in [0.5, 0.6) is 0 Å². The van der Waals surface area contributed by atoms with Gasteiger partial charge in [-0.25, -0.2) is 8.42 Å². The van der Waals surface area contributed by atoms with Crippen molar-refractivity contribution in [2.24, 2.45) is 0 Å². The van der Waals surface area contributed by atoms with Crippen molar-refractivity contribution in [1.29, 1.82) is 0 Å². The number of aliphatic carboxylic acids is 1. The van der Waals surface area contributed by atoms with Crippen LogP contribution in [-0.2, 0) is 19.4 Å². The number of carboxylic acid groups (broad SMARTS) is 1. The molecule has 1 fully saturated rings. The molecule has 20 heavy (non-hydrogen) atoms. The van der Waals surface area contributed by atoms with E-state index in [-0.39, 0.29) is 18.2 Å². The lowest BCUT2D eigenvalue weighted by molar-refractivity contribution is -0.139. The van der Waals surface area contributed by atoms with Crippen LogP contribution in [0.25, 0.3) is 0 Å². The molecule has 0 aromatic carbocycles. The summed E-state index contributed by atoms with van der Waals surface area (Å²) in [5.41, 5.74) is 0. The zero-order valence-corrected chi connectivity index (χ0v) is 12.7. The van der Waals surface area contributed by atoms with Crippen LogP contribution in [0, 0.1) is 0 Å². The van der Waals surface area contributed by atoms with Gasteiger partial charge in [0.25, 0.3) is 0 Å². The molecule has 1 amide bonds. The van der Waals surface area contributed by atoms with Gasteiger partial charge in [-0.1, -0.05) is 19.8 Å². The summed E-state index contributed by atoms with van der Waals surface area (Å²) in [6.45, 7) is 2.44. The topological polar surface area (TPSA) is 91.8 Å². The van der Waals surface area contributed by atoms with E-state index in [0.717, 1.165) is 19.3 Å². The van der Waals surface area contributed by atoms with Gasteiger partial charge in [-0.3, -0.25) is 9.59 Å². The molecule has 116 valence electrons. The molecule has 6 nitrogen and oxygen atoms in total. The molecule has 0 aliphatic carbocycles. The zero-order valence-electron chi connectivity index (χ0n) is 11.9. The van der Waals surface area contributed by atoms with E-state index in [1.54, 1.807) is 0 Å². The van der Waals surface area contributed by atoms with Gasteiger partial charge in [0.05, 0.1) is 12.2 Å². The molecular formula is C13H23NO5S. The fourth-order valence-corrected chi connectivity index (χ4v) is 3.82. The highest BCUT2D eigenvalue weighted by molar-refractivity contribution is 7.92. The van der Waals surface area contributed by atoms with E-state index in [1.165, 1.54) is 4.90 Å². The van der Waals surface area contributed by atoms with E-state index in [4.69, 9.17) is 5.11 Å². The second-order valence-corrected chi connectivity index (χ2v) is 7.46. The third kappa shape index (κ3) is 5.48. The minimum absolute atomic E-state index is 0.0318. The van der Waals surface area contributed by atoms with Gasteiger partial charge in [0, 0.05) is 12.6 Å². The van der Waals surface area contributed by atoms with Crippen molar-refractivity contribution in [2.45, 2.75) is 51.5 Å². The fraction of sp³-hybridized carbons (Fsp3) is 0.846. The third-order valence-electron chi connectivity index (χ3n) is 3.51. The van der Waals surface area contributed by atoms with E-state index in [0.29, 0.717) is 19.4 Å². The van der Waals surface area contributed by atoms with Crippen molar-refractivity contribution >= 4 is 21.7 Å². The van der Waals surface area contributed by atoms with Gasteiger partial charge in [0.2, 0.25) is 5.91 Å². The average molecular weight is 305 g/mol. The molecule has 1 N–H and O–H groups in total. The van der Waals surface area contributed by atoms with Gasteiger partial charge in [0.1, 0.15) is 5.75 Å². The van der Waals surface area contributed by atoms with Crippen molar-refractivity contribution in [3.8, 4) is 0 Å². The van der Waals surface area contributed by atoms with Gasteiger partial charge in [0.15, 0.2) is 9.84 Å². The number of rotatable bonds is 8. The number of sulfone groups is 1. The molecule has 0 aromatic heterocycles. The molecule has 1 aliphatic heterocycles. The van der Waals surface area contributed by atoms with E-state index in [1.807, 2.05) is 6.92 Å². The third-order valence-corrected chi connectivity index (χ3v) is 5.11. The van der Waals surface area contributed by atoms with Crippen molar-refractivity contribution in [3.63, 3.8) is 0 Å². The van der Waals surface area contributed by atoms with Gasteiger partial charge in [-0.15, -0.1) is 0 Å². The van der Waals surface area contributed by atoms with Gasteiger partial charge in [-0.2, -0.15) is 0 Å². The Morgan fingerprint density at radius 3 is 2.60 bits per heavy atom. The predicted octanol–water partition coefficient (Wildman–Crippen LogP) is 1.06. The molecule has 1 saturated heterocycles. The number of carboxylic acids is 1. The molecular weight excluding hydrogens is 282 g/mol. The molecule has 1 aliphatic rings. The highest BCUT2D eigenvalue weighted by atomic mass is 32.2. The normalized spacial score (nSPS) is 19.2. The van der Waals surface area contributed by atoms with Crippen molar-refractivity contribution in [1.82, 2.24) is 4.90 Å². The molecule has 0 radical (unpaired) electrons. The summed E-state index contributed by atoms with van der Waals surface area (Å²) in [5.74, 6) is -1.87. The summed E-state index contributed by atoms with van der Waals surface area (Å²) in [6, 6.07) is -0.356. The van der Waals surface area contributed by atoms with Crippen LogP contribution in [0.3, 0.4) is 0 Å². The molecule has 0 bridgehead atoms. The summed E-state index contributed by atoms with van der Waals surface area (Å²) >= 11 is 0. The molecule has 0 saturated carbocycles. The van der Waals surface area contributed by atoms with Crippen LogP contribution in [0.1, 0.15) is 45.4 Å². The van der Waals surface area contributed by atoms with E-state index < -0.39 is 27.5 Å². The summed E-state index contributed by atoms with van der Waals surface area (Å²) in [6.07, 6.45) is 3.59. The lowest BCUT2D eigenvalue weighted by Gasteiger charge is -2.23. The molecule has 0 aromatic rings. The first-order chi connectivity index (χ1) is 9.35. The number of hydrogen-bond acceptors (Lipinski definition) is 4. The Labute approximate surface area is 120 Å². The van der Waals surface area contributed by atoms with Crippen LogP contribution in [0.2, 0.25) is 0 Å². The minimum atomic E-state index is -3.38. The predicted molar refractivity (Wildman–Crippen MR) is 75.2 cm³/mol. The number of nitrogens with zero attached hydrogens (tertiary/aromatic N) is 1. The van der Waals surface area contributed by atoms with Gasteiger partial charge >= 0.3 is 5.97 Å². The maximum absolute atomic E-state index is 12.0. The van der Waals surface area contributed by atoms with Crippen LogP contribution in [-0.4, -0.2) is 54.4 Å². The van der Waals surface area contributed by atoms with E-state index >= 15 is 0 Å². The molecule has 1 atom stereocenters. The maximum Gasteiger partial charge on any atom is 0.305 e. The summed E-state index contributed by atoms with van der Waals surface area (Å²) in [4.78, 5) is 24.2. The largest absolute Gasteiger partial charge is 0.481 e. The number of amides is 1. The molecule has 7 heteroatoms. The van der Waals surface area contributed by atoms with E-state index in [9.17, 15) is 18.0 Å². The van der Waals surface area contributed by atoms with Crippen LogP contribution < -0.4 is 0 Å². The standard InChI is InChI=1S/C13H23NO5S/c1-2-3-4-8-20(18,19)10-12(15)14-7-5-6-11(14)9-13(16)17/h11H,2-10H2,1H3,(H,16,17). The second-order valence-electron chi connectivity index (χ2n) is 5.28. The van der Waals surface area contributed by atoms with Gasteiger partial charge in [-0.05, 0) is 19.3 Å². The highest BCUT2D eigenvalue weighted by Gasteiger charge is 2.32. The monoisotopic (exact) mass is 305 g/mol. The minimum Gasteiger partial charge on any atom is -0.481 e. The highest BCUT2D eigenvalue weighted by Crippen LogP contribution is 2.20. The number of hydrogen-bond donors (Lipinski definition) is 1. The Bertz CT molecular complexity index is 446. The lowest BCUT2D eigenvalue weighted by atomic mass is 10.1. The fourth-order valence-electron chi connectivity index (χ4n) is 2.49. The molecule has 1 unspecified atom stereocenters. The van der Waals surface area contributed by atoms with Crippen molar-refractivity contribution < 1.29 is 23.1 Å². The Morgan fingerprint density at radius 1 is 1.30 bits per heavy atom. The maximum atomic E-state index is 12.0. The second kappa shape index (κ2) is 7.61. The smallest absolute Gasteiger partial charge is 0.305 e. The first-order valence-electron chi connectivity index (χ1n) is 7.07. The van der Waals surface area contributed by atoms with Crippen molar-refractivity contribution in [2.75, 3.05) is 18.1 Å². The van der Waals surface area contributed by atoms with Gasteiger partial charge < -0.3 is 10.0 Å². The first-order valence-corrected chi connectivity index (χ1v) is 8.89. The molecule has 1 heterocycles. The Hall–Kier alpha value is -1.11. The zero-order chi connectivity index (χ0) is 15.2. The first kappa shape index (κ1) is 16.9. The van der Waals surface area contributed by atoms with E-state index in [2.05, 4.69) is 0 Å². The number of unbranched alkanes of at least 4 members (excludes halogenated alkanes) is 2. The SMILES string of the molecule is CCCCCS(=O)(=O)CC(=O)N1CCCC1CC(=O)O. The van der Waals surface area contributed by atoms with Crippen molar-refractivity contribution in [3.05, 3.63) is 0 Å². The number of likely N-dealkylation sites (tertiary alicyclic amines) is 1. The molecule has 1 rings (SSSR count). The Morgan fingerprint density at radius 2 is 2.00 bits per heavy atom. The lowest BCUT2D eigenvalue weighted by Crippen LogP contribution is -2.40. The van der Waals surface area contributed by atoms with Crippen LogP contribution >= 0.6 is 0 Å². The quantitative estimate of drug-likeness (QED) is 0.677. The Kier molecular flexibility index (Phi) is 6.45. The van der Waals surface area contributed by atoms with Crippen LogP contribution in [0.15, 0.2) is 0 Å². The summed E-state index contributed by atoms with van der Waals surface area (Å²) in [5, 5.41) is 8.79.